The summed E-state index contributed by atoms with van der Waals surface area (Å²) in [5, 5.41) is 9.74. The molecular formula is C35H48N6O5. The van der Waals surface area contributed by atoms with E-state index in [9.17, 15) is 19.2 Å². The van der Waals surface area contributed by atoms with Crippen LogP contribution in [0, 0.1) is 5.92 Å². The van der Waals surface area contributed by atoms with Crippen LogP contribution in [0.2, 0.25) is 0 Å². The lowest BCUT2D eigenvalue weighted by Crippen LogP contribution is -2.56. The smallest absolute Gasteiger partial charge is 0.329 e. The van der Waals surface area contributed by atoms with Crippen molar-refractivity contribution < 1.29 is 23.9 Å². The van der Waals surface area contributed by atoms with Crippen LogP contribution >= 0.6 is 0 Å². The predicted octanol–water partition coefficient (Wildman–Crippen LogP) is 4.66. The van der Waals surface area contributed by atoms with Gasteiger partial charge in [0, 0.05) is 41.8 Å². The second kappa shape index (κ2) is 15.8. The van der Waals surface area contributed by atoms with Gasteiger partial charge >= 0.3 is 12.0 Å². The normalized spacial score (nSPS) is 17.1. The lowest BCUT2D eigenvalue weighted by Gasteiger charge is -2.34. The molecule has 2 aromatic carbocycles. The predicted molar refractivity (Wildman–Crippen MR) is 179 cm³/mol. The highest BCUT2D eigenvalue weighted by Crippen LogP contribution is 2.29. The van der Waals surface area contributed by atoms with Crippen molar-refractivity contribution in [2.45, 2.75) is 83.4 Å². The highest BCUT2D eigenvalue weighted by Gasteiger charge is 2.36. The molecule has 46 heavy (non-hydrogen) atoms. The van der Waals surface area contributed by atoms with E-state index >= 15 is 0 Å². The maximum atomic E-state index is 14.1. The zero-order valence-electron chi connectivity index (χ0n) is 27.3. The maximum absolute atomic E-state index is 14.1. The summed E-state index contributed by atoms with van der Waals surface area (Å²) in [7, 11) is 0. The van der Waals surface area contributed by atoms with Crippen LogP contribution in [0.4, 0.5) is 10.5 Å². The number of carbonyl (C=O) groups excluding carboxylic acids is 4. The van der Waals surface area contributed by atoms with E-state index in [2.05, 4.69) is 20.9 Å². The molecule has 6 N–H and O–H groups in total. The summed E-state index contributed by atoms with van der Waals surface area (Å²) in [6, 6.07) is 14.8. The number of fused-ring (bicyclic) bond motifs is 1. The van der Waals surface area contributed by atoms with E-state index in [4.69, 9.17) is 10.5 Å². The van der Waals surface area contributed by atoms with Gasteiger partial charge in [0.25, 0.3) is 0 Å². The largest absolute Gasteiger partial charge is 0.458 e. The number of urea groups is 1. The lowest BCUT2D eigenvalue weighted by atomic mass is 9.90. The van der Waals surface area contributed by atoms with Crippen LogP contribution in [0.15, 0.2) is 60.8 Å². The minimum atomic E-state index is -1.00. The van der Waals surface area contributed by atoms with Gasteiger partial charge in [-0.25, -0.2) is 9.59 Å². The Hall–Kier alpha value is -4.38. The van der Waals surface area contributed by atoms with Crippen molar-refractivity contribution in [1.29, 1.82) is 0 Å². The Bertz CT molecular complexity index is 1480. The number of rotatable bonds is 12. The molecule has 248 valence electrons. The fraction of sp³-hybridized carbons (Fsp3) is 0.486. The number of ether oxygens (including phenoxy) is 1. The molecule has 0 aliphatic carbocycles. The van der Waals surface area contributed by atoms with Crippen molar-refractivity contribution in [2.75, 3.05) is 25.0 Å². The number of anilines is 1. The number of amides is 4. The molecule has 0 bridgehead atoms. The number of likely N-dealkylation sites (tertiary alicyclic amines) is 1. The first-order valence-electron chi connectivity index (χ1n) is 16.2. The quantitative estimate of drug-likeness (QED) is 0.144. The third kappa shape index (κ3) is 9.32. The standard InChI is InChI=1S/C35H48N6O5/c1-23(27-21-37-28-17-9-8-16-26(27)28)30(32(43)39-29(18-10-11-19-36)33(44)46-35(2,3)4)40-31(42)24-13-12-20-41(22-24)34(45)38-25-14-6-5-7-15-25/h5-9,14-17,21,23-24,29-30,37H,10-13,18-20,22,36H2,1-4H3,(H,38,45)(H,39,43)(H,40,42)/t23-,24?,29?,30?/m0/s1. The van der Waals surface area contributed by atoms with Gasteiger partial charge in [0.05, 0.1) is 5.92 Å². The zero-order valence-corrected chi connectivity index (χ0v) is 27.3. The molecule has 0 spiro atoms. The molecule has 3 unspecified atom stereocenters. The van der Waals surface area contributed by atoms with Crippen LogP contribution < -0.4 is 21.7 Å². The van der Waals surface area contributed by atoms with E-state index in [1.54, 1.807) is 25.7 Å². The number of piperidine rings is 1. The second-order valence-electron chi connectivity index (χ2n) is 13.0. The summed E-state index contributed by atoms with van der Waals surface area (Å²) in [4.78, 5) is 59.0. The third-order valence-corrected chi connectivity index (χ3v) is 8.25. The van der Waals surface area contributed by atoms with Gasteiger partial charge in [-0.15, -0.1) is 0 Å². The first-order valence-corrected chi connectivity index (χ1v) is 16.2. The van der Waals surface area contributed by atoms with Crippen molar-refractivity contribution >= 4 is 40.4 Å². The maximum Gasteiger partial charge on any atom is 0.329 e. The molecule has 4 amide bonds. The number of aromatic amines is 1. The summed E-state index contributed by atoms with van der Waals surface area (Å²) in [5.74, 6) is -2.29. The Morgan fingerprint density at radius 2 is 1.74 bits per heavy atom. The Labute approximate surface area is 271 Å². The number of carbonyl (C=O) groups is 4. The van der Waals surface area contributed by atoms with E-state index in [-0.39, 0.29) is 18.5 Å². The molecule has 0 radical (unpaired) electrons. The highest BCUT2D eigenvalue weighted by atomic mass is 16.6. The number of unbranched alkanes of at least 4 members (excludes halogenated alkanes) is 1. The van der Waals surface area contributed by atoms with Gasteiger partial charge in [0.2, 0.25) is 11.8 Å². The summed E-state index contributed by atoms with van der Waals surface area (Å²) < 4.78 is 5.63. The zero-order chi connectivity index (χ0) is 33.3. The van der Waals surface area contributed by atoms with Crippen LogP contribution in [0.3, 0.4) is 0 Å². The molecule has 1 aliphatic heterocycles. The van der Waals surface area contributed by atoms with Gasteiger partial charge in [-0.05, 0) is 83.2 Å². The molecule has 3 aromatic rings. The summed E-state index contributed by atoms with van der Waals surface area (Å²) in [6.07, 6.45) is 4.75. The number of hydrogen-bond donors (Lipinski definition) is 5. The molecule has 1 fully saturated rings. The van der Waals surface area contributed by atoms with Gasteiger partial charge in [-0.3, -0.25) is 9.59 Å². The molecule has 11 nitrogen and oxygen atoms in total. The monoisotopic (exact) mass is 632 g/mol. The van der Waals surface area contributed by atoms with Crippen molar-refractivity contribution in [3.05, 3.63) is 66.4 Å². The Balaban J connectivity index is 1.55. The van der Waals surface area contributed by atoms with E-state index < -0.39 is 41.4 Å². The number of nitrogens with zero attached hydrogens (tertiary/aromatic N) is 1. The number of H-pyrrole nitrogens is 1. The lowest BCUT2D eigenvalue weighted by molar-refractivity contribution is -0.159. The number of hydrogen-bond acceptors (Lipinski definition) is 6. The van der Waals surface area contributed by atoms with E-state index in [0.29, 0.717) is 50.9 Å². The van der Waals surface area contributed by atoms with Gasteiger partial charge < -0.3 is 36.3 Å². The first-order chi connectivity index (χ1) is 22.0. The third-order valence-electron chi connectivity index (χ3n) is 8.25. The molecule has 1 aliphatic rings. The molecule has 2 heterocycles. The molecular weight excluding hydrogens is 584 g/mol. The minimum absolute atomic E-state index is 0.222. The summed E-state index contributed by atoms with van der Waals surface area (Å²) in [5.41, 5.74) is 7.40. The van der Waals surface area contributed by atoms with Crippen LogP contribution in [-0.2, 0) is 19.1 Å². The molecule has 1 saturated heterocycles. The van der Waals surface area contributed by atoms with Crippen molar-refractivity contribution in [3.63, 3.8) is 0 Å². The molecule has 0 saturated carbocycles. The van der Waals surface area contributed by atoms with E-state index in [1.807, 2.05) is 67.7 Å². The number of benzene rings is 2. The number of nitrogens with two attached hydrogens (primary N) is 1. The van der Waals surface area contributed by atoms with Gasteiger partial charge in [-0.1, -0.05) is 43.3 Å². The second-order valence-corrected chi connectivity index (χ2v) is 13.0. The average molecular weight is 633 g/mol. The highest BCUT2D eigenvalue weighted by molar-refractivity contribution is 5.94. The minimum Gasteiger partial charge on any atom is -0.458 e. The number of nitrogens with one attached hydrogen (secondary N) is 4. The first kappa shape index (κ1) is 34.5. The van der Waals surface area contributed by atoms with Crippen LogP contribution in [0.5, 0.6) is 0 Å². The number of esters is 1. The van der Waals surface area contributed by atoms with Crippen molar-refractivity contribution in [1.82, 2.24) is 20.5 Å². The van der Waals surface area contributed by atoms with Crippen LogP contribution in [0.1, 0.15) is 71.3 Å². The average Bonchev–Trinajstić information content (AvgIpc) is 3.47. The topological polar surface area (TPSA) is 159 Å². The SMILES string of the molecule is C[C@@H](c1c[nH]c2ccccc12)C(NC(=O)C1CCCN(C(=O)Nc2ccccc2)C1)C(=O)NC(CCCCN)C(=O)OC(C)(C)C. The summed E-state index contributed by atoms with van der Waals surface area (Å²) in [6.45, 7) is 8.43. The van der Waals surface area contributed by atoms with Crippen LogP contribution in [0.25, 0.3) is 10.9 Å². The number of para-hydroxylation sites is 2. The molecule has 1 aromatic heterocycles. The fourth-order valence-electron chi connectivity index (χ4n) is 5.81. The van der Waals surface area contributed by atoms with Gasteiger partial charge in [-0.2, -0.15) is 0 Å². The Morgan fingerprint density at radius 1 is 1.02 bits per heavy atom. The van der Waals surface area contributed by atoms with E-state index in [0.717, 1.165) is 16.5 Å². The van der Waals surface area contributed by atoms with Gasteiger partial charge in [0.1, 0.15) is 17.7 Å². The molecule has 4 atom stereocenters. The van der Waals surface area contributed by atoms with Crippen molar-refractivity contribution in [3.8, 4) is 0 Å². The van der Waals surface area contributed by atoms with Crippen LogP contribution in [-0.4, -0.2) is 71.0 Å². The molecule has 4 rings (SSSR count). The van der Waals surface area contributed by atoms with E-state index in [1.165, 1.54) is 0 Å². The van der Waals surface area contributed by atoms with Crippen molar-refractivity contribution in [2.24, 2.45) is 11.7 Å². The Morgan fingerprint density at radius 3 is 2.46 bits per heavy atom. The summed E-state index contributed by atoms with van der Waals surface area (Å²) >= 11 is 0. The Kier molecular flexibility index (Phi) is 11.8. The number of aromatic nitrogens is 1. The van der Waals surface area contributed by atoms with Gasteiger partial charge in [0.15, 0.2) is 0 Å². The fourth-order valence-corrected chi connectivity index (χ4v) is 5.81. The molecule has 11 heteroatoms.